The molecule has 0 aliphatic heterocycles. The van der Waals surface area contributed by atoms with Crippen molar-refractivity contribution in [2.45, 2.75) is 18.0 Å². The number of hydrogen-bond donors (Lipinski definition) is 2. The number of aliphatic imine (C=N–C) groups is 1. The zero-order valence-corrected chi connectivity index (χ0v) is 16.2. The summed E-state index contributed by atoms with van der Waals surface area (Å²) < 4.78 is 79.7. The van der Waals surface area contributed by atoms with E-state index in [1.165, 1.54) is 6.07 Å². The SMILES string of the molecule is CC(=O)C(=NC(=O)c1ccccc1S(=O)(=O)Nc1ccc(F)cc1C(F)(F)F)C(=O)O. The van der Waals surface area contributed by atoms with Crippen molar-refractivity contribution < 1.29 is 45.5 Å². The maximum Gasteiger partial charge on any atom is 0.418 e. The third kappa shape index (κ3) is 5.51. The van der Waals surface area contributed by atoms with E-state index in [1.807, 2.05) is 0 Å². The first-order valence-electron chi connectivity index (χ1n) is 8.10. The number of rotatable bonds is 6. The van der Waals surface area contributed by atoms with Crippen molar-refractivity contribution in [1.82, 2.24) is 0 Å². The van der Waals surface area contributed by atoms with Gasteiger partial charge >= 0.3 is 12.1 Å². The Morgan fingerprint density at radius 1 is 1.06 bits per heavy atom. The van der Waals surface area contributed by atoms with Gasteiger partial charge in [-0.25, -0.2) is 17.6 Å². The van der Waals surface area contributed by atoms with Crippen LogP contribution in [0.3, 0.4) is 0 Å². The Labute approximate surface area is 172 Å². The van der Waals surface area contributed by atoms with Gasteiger partial charge in [0.2, 0.25) is 0 Å². The molecule has 2 aromatic rings. The summed E-state index contributed by atoms with van der Waals surface area (Å²) in [5.41, 5.74) is -4.48. The molecule has 2 rings (SSSR count). The molecular weight excluding hydrogens is 448 g/mol. The number of carboxylic acid groups (broad SMARTS) is 1. The van der Waals surface area contributed by atoms with Crippen LogP contribution >= 0.6 is 0 Å². The van der Waals surface area contributed by atoms with E-state index < -0.39 is 67.1 Å². The monoisotopic (exact) mass is 460 g/mol. The Bertz CT molecular complexity index is 1190. The van der Waals surface area contributed by atoms with Gasteiger partial charge in [-0.05, 0) is 30.3 Å². The van der Waals surface area contributed by atoms with Crippen LogP contribution in [0.2, 0.25) is 0 Å². The van der Waals surface area contributed by atoms with Crippen LogP contribution in [0.5, 0.6) is 0 Å². The lowest BCUT2D eigenvalue weighted by atomic mass is 10.2. The highest BCUT2D eigenvalue weighted by Crippen LogP contribution is 2.36. The molecule has 0 saturated heterocycles. The molecule has 2 aromatic carbocycles. The second-order valence-corrected chi connectivity index (χ2v) is 7.57. The third-order valence-electron chi connectivity index (χ3n) is 3.69. The number of carbonyl (C=O) groups excluding carboxylic acids is 2. The van der Waals surface area contributed by atoms with E-state index in [4.69, 9.17) is 5.11 Å². The fourth-order valence-corrected chi connectivity index (χ4v) is 3.64. The van der Waals surface area contributed by atoms with Crippen LogP contribution < -0.4 is 4.72 Å². The molecule has 8 nitrogen and oxygen atoms in total. The molecule has 0 fully saturated rings. The number of carboxylic acids is 1. The van der Waals surface area contributed by atoms with Crippen LogP contribution in [0.4, 0.5) is 23.2 Å². The van der Waals surface area contributed by atoms with Crippen LogP contribution in [0.15, 0.2) is 52.4 Å². The Morgan fingerprint density at radius 2 is 1.68 bits per heavy atom. The smallest absolute Gasteiger partial charge is 0.418 e. The molecule has 0 aromatic heterocycles. The lowest BCUT2D eigenvalue weighted by Crippen LogP contribution is -2.24. The van der Waals surface area contributed by atoms with Crippen LogP contribution in [0.25, 0.3) is 0 Å². The van der Waals surface area contributed by atoms with E-state index in [9.17, 15) is 40.4 Å². The van der Waals surface area contributed by atoms with E-state index in [1.54, 1.807) is 4.72 Å². The fraction of sp³-hybridized carbons (Fsp3) is 0.111. The fourth-order valence-electron chi connectivity index (χ4n) is 2.36. The summed E-state index contributed by atoms with van der Waals surface area (Å²) in [4.78, 5) is 36.9. The number of benzene rings is 2. The number of carbonyl (C=O) groups is 3. The highest BCUT2D eigenvalue weighted by molar-refractivity contribution is 7.92. The lowest BCUT2D eigenvalue weighted by Gasteiger charge is -2.16. The predicted molar refractivity (Wildman–Crippen MR) is 98.7 cm³/mol. The summed E-state index contributed by atoms with van der Waals surface area (Å²) >= 11 is 0. The Hall–Kier alpha value is -3.61. The molecule has 0 spiro atoms. The molecule has 164 valence electrons. The topological polar surface area (TPSA) is 130 Å². The third-order valence-corrected chi connectivity index (χ3v) is 5.11. The second kappa shape index (κ2) is 8.63. The number of Topliss-reactive ketones (excluding diaryl/α,β-unsaturated/α-hetero) is 1. The number of halogens is 4. The highest BCUT2D eigenvalue weighted by Gasteiger charge is 2.35. The average Bonchev–Trinajstić information content (AvgIpc) is 2.65. The van der Waals surface area contributed by atoms with Gasteiger partial charge in [0, 0.05) is 6.92 Å². The van der Waals surface area contributed by atoms with Crippen LogP contribution in [0, 0.1) is 5.82 Å². The number of nitrogens with one attached hydrogen (secondary N) is 1. The van der Waals surface area contributed by atoms with Crippen LogP contribution in [-0.2, 0) is 25.8 Å². The first-order valence-corrected chi connectivity index (χ1v) is 9.58. The molecule has 0 unspecified atom stereocenters. The number of nitrogens with zero attached hydrogens (tertiary/aromatic N) is 1. The van der Waals surface area contributed by atoms with Gasteiger partial charge in [0.15, 0.2) is 11.5 Å². The molecule has 2 N–H and O–H groups in total. The van der Waals surface area contributed by atoms with Gasteiger partial charge in [0.05, 0.1) is 16.8 Å². The standard InChI is InChI=1S/C18H12F4N2O6S/c1-9(25)15(17(27)28)23-16(26)11-4-2-3-5-14(11)31(29,30)24-13-7-6-10(19)8-12(13)18(20,21)22/h2-8,24H,1H3,(H,27,28). The largest absolute Gasteiger partial charge is 0.476 e. The number of sulfonamides is 1. The summed E-state index contributed by atoms with van der Waals surface area (Å²) in [6, 6.07) is 5.36. The number of aliphatic carboxylic acids is 1. The predicted octanol–water partition coefficient (Wildman–Crippen LogP) is 2.90. The van der Waals surface area contributed by atoms with Gasteiger partial charge in [-0.1, -0.05) is 12.1 Å². The van der Waals surface area contributed by atoms with Gasteiger partial charge in [-0.15, -0.1) is 0 Å². The van der Waals surface area contributed by atoms with Crippen LogP contribution in [-0.4, -0.2) is 36.9 Å². The van der Waals surface area contributed by atoms with Crippen molar-refractivity contribution in [1.29, 1.82) is 0 Å². The minimum Gasteiger partial charge on any atom is -0.476 e. The molecule has 0 atom stereocenters. The van der Waals surface area contributed by atoms with E-state index >= 15 is 0 Å². The molecule has 0 radical (unpaired) electrons. The van der Waals surface area contributed by atoms with Gasteiger partial charge < -0.3 is 5.11 Å². The second-order valence-electron chi connectivity index (χ2n) is 5.92. The zero-order chi connectivity index (χ0) is 23.6. The Morgan fingerprint density at radius 3 is 2.23 bits per heavy atom. The van der Waals surface area contributed by atoms with Gasteiger partial charge in [-0.2, -0.15) is 18.2 Å². The Kier molecular flexibility index (Phi) is 6.59. The maximum absolute atomic E-state index is 13.2. The van der Waals surface area contributed by atoms with Crippen molar-refractivity contribution in [2.24, 2.45) is 4.99 Å². The van der Waals surface area contributed by atoms with E-state index in [2.05, 4.69) is 4.99 Å². The first kappa shape index (κ1) is 23.7. The zero-order valence-electron chi connectivity index (χ0n) is 15.4. The summed E-state index contributed by atoms with van der Waals surface area (Å²) in [6.07, 6.45) is -5.10. The normalized spacial score (nSPS) is 12.4. The van der Waals surface area contributed by atoms with E-state index in [0.717, 1.165) is 25.1 Å². The summed E-state index contributed by atoms with van der Waals surface area (Å²) in [5, 5.41) is 8.92. The molecule has 31 heavy (non-hydrogen) atoms. The molecule has 0 aliphatic rings. The van der Waals surface area contributed by atoms with Crippen molar-refractivity contribution in [3.8, 4) is 0 Å². The summed E-state index contributed by atoms with van der Waals surface area (Å²) in [7, 11) is -4.86. The number of amides is 1. The Balaban J connectivity index is 2.57. The minimum atomic E-state index is -5.10. The number of hydrogen-bond acceptors (Lipinski definition) is 5. The minimum absolute atomic E-state index is 0.0885. The van der Waals surface area contributed by atoms with Crippen molar-refractivity contribution in [3.63, 3.8) is 0 Å². The molecule has 0 bridgehead atoms. The summed E-state index contributed by atoms with van der Waals surface area (Å²) in [6.45, 7) is 0.817. The van der Waals surface area contributed by atoms with E-state index in [-0.39, 0.29) is 6.07 Å². The number of ketones is 1. The van der Waals surface area contributed by atoms with Crippen molar-refractivity contribution >= 4 is 39.1 Å². The lowest BCUT2D eigenvalue weighted by molar-refractivity contribution is -0.137. The van der Waals surface area contributed by atoms with Gasteiger partial charge in [0.25, 0.3) is 15.9 Å². The number of anilines is 1. The highest BCUT2D eigenvalue weighted by atomic mass is 32.2. The van der Waals surface area contributed by atoms with Crippen molar-refractivity contribution in [2.75, 3.05) is 4.72 Å². The molecule has 13 heteroatoms. The van der Waals surface area contributed by atoms with Gasteiger partial charge in [-0.3, -0.25) is 14.3 Å². The van der Waals surface area contributed by atoms with Crippen LogP contribution in [0.1, 0.15) is 22.8 Å². The average molecular weight is 460 g/mol. The molecule has 0 heterocycles. The quantitative estimate of drug-likeness (QED) is 0.387. The molecular formula is C18H12F4N2O6S. The number of alkyl halides is 3. The van der Waals surface area contributed by atoms with Gasteiger partial charge in [0.1, 0.15) is 10.7 Å². The van der Waals surface area contributed by atoms with Crippen molar-refractivity contribution in [3.05, 3.63) is 59.4 Å². The first-order chi connectivity index (χ1) is 14.2. The summed E-state index contributed by atoms with van der Waals surface area (Å²) in [5.74, 6) is -5.60. The molecule has 0 saturated carbocycles. The van der Waals surface area contributed by atoms with E-state index in [0.29, 0.717) is 12.1 Å². The maximum atomic E-state index is 13.2. The molecule has 0 aliphatic carbocycles. The molecule has 1 amide bonds.